The van der Waals surface area contributed by atoms with E-state index in [1.165, 1.54) is 16.3 Å². The van der Waals surface area contributed by atoms with Crippen LogP contribution < -0.4 is 0 Å². The molecule has 2 heterocycles. The minimum Gasteiger partial charge on any atom is -0.461 e. The molecule has 0 N–H and O–H groups in total. The Morgan fingerprint density at radius 2 is 1.61 bits per heavy atom. The van der Waals surface area contributed by atoms with Gasteiger partial charge in [0.1, 0.15) is 0 Å². The van der Waals surface area contributed by atoms with Crippen LogP contribution in [0, 0.1) is 0 Å². The molecule has 0 bridgehead atoms. The number of thioether (sulfide) groups is 1. The molecule has 136 valence electrons. The Morgan fingerprint density at radius 3 is 2.46 bits per heavy atom. The SMILES string of the molecule is c1ccc(-n2c(SCc3cccc4ccccc34)nnc2-c2ccco2)cc1. The minimum atomic E-state index is 0.702. The molecule has 0 saturated carbocycles. The molecule has 28 heavy (non-hydrogen) atoms. The van der Waals surface area contributed by atoms with E-state index in [9.17, 15) is 0 Å². The first-order chi connectivity index (χ1) is 13.9. The van der Waals surface area contributed by atoms with Crippen LogP contribution in [0.15, 0.2) is 101 Å². The summed E-state index contributed by atoms with van der Waals surface area (Å²) in [4.78, 5) is 0. The van der Waals surface area contributed by atoms with E-state index < -0.39 is 0 Å². The predicted molar refractivity (Wildman–Crippen MR) is 113 cm³/mol. The molecule has 0 radical (unpaired) electrons. The van der Waals surface area contributed by atoms with Crippen LogP contribution in [0.25, 0.3) is 28.0 Å². The molecule has 0 aliphatic rings. The third-order valence-corrected chi connectivity index (χ3v) is 5.60. The number of hydrogen-bond acceptors (Lipinski definition) is 4. The average molecular weight is 383 g/mol. The van der Waals surface area contributed by atoms with E-state index >= 15 is 0 Å². The first-order valence-corrected chi connectivity index (χ1v) is 10.0. The standard InChI is InChI=1S/C23H17N3OS/c1-2-11-19(12-3-1)26-22(21-14-7-15-27-21)24-25-23(26)28-16-18-10-6-9-17-8-4-5-13-20(17)18/h1-15H,16H2. The van der Waals surface area contributed by atoms with Gasteiger partial charge in [-0.1, -0.05) is 72.4 Å². The fourth-order valence-corrected chi connectivity index (χ4v) is 4.26. The van der Waals surface area contributed by atoms with Gasteiger partial charge in [0.25, 0.3) is 0 Å². The van der Waals surface area contributed by atoms with Gasteiger partial charge in [0.15, 0.2) is 10.9 Å². The highest BCUT2D eigenvalue weighted by Crippen LogP contribution is 2.31. The number of furan rings is 1. The lowest BCUT2D eigenvalue weighted by Gasteiger charge is -2.10. The second-order valence-electron chi connectivity index (χ2n) is 6.38. The van der Waals surface area contributed by atoms with Crippen molar-refractivity contribution < 1.29 is 4.42 Å². The van der Waals surface area contributed by atoms with Crippen LogP contribution >= 0.6 is 11.8 Å². The third-order valence-electron chi connectivity index (χ3n) is 4.63. The number of rotatable bonds is 5. The topological polar surface area (TPSA) is 43.9 Å². The summed E-state index contributed by atoms with van der Waals surface area (Å²) in [7, 11) is 0. The largest absolute Gasteiger partial charge is 0.461 e. The highest BCUT2D eigenvalue weighted by atomic mass is 32.2. The second-order valence-corrected chi connectivity index (χ2v) is 7.32. The quantitative estimate of drug-likeness (QED) is 0.351. The maximum Gasteiger partial charge on any atom is 0.205 e. The lowest BCUT2D eigenvalue weighted by Crippen LogP contribution is -1.99. The molecule has 5 rings (SSSR count). The smallest absolute Gasteiger partial charge is 0.205 e. The molecule has 0 fully saturated rings. The summed E-state index contributed by atoms with van der Waals surface area (Å²) in [6, 6.07) is 28.8. The summed E-state index contributed by atoms with van der Waals surface area (Å²) in [6.45, 7) is 0. The molecule has 0 aliphatic carbocycles. The fraction of sp³-hybridized carbons (Fsp3) is 0.0435. The molecular formula is C23H17N3OS. The van der Waals surface area contributed by atoms with Crippen molar-refractivity contribution >= 4 is 22.5 Å². The number of hydrogen-bond donors (Lipinski definition) is 0. The predicted octanol–water partition coefficient (Wildman–Crippen LogP) is 5.97. The number of fused-ring (bicyclic) bond motifs is 1. The summed E-state index contributed by atoms with van der Waals surface area (Å²) in [6.07, 6.45) is 1.66. The molecule has 0 atom stereocenters. The van der Waals surface area contributed by atoms with Gasteiger partial charge < -0.3 is 4.42 Å². The molecule has 4 nitrogen and oxygen atoms in total. The van der Waals surface area contributed by atoms with Gasteiger partial charge in [-0.2, -0.15) is 0 Å². The third kappa shape index (κ3) is 3.10. The van der Waals surface area contributed by atoms with E-state index in [0.717, 1.165) is 16.6 Å². The van der Waals surface area contributed by atoms with Crippen molar-refractivity contribution in [3.05, 3.63) is 96.8 Å². The van der Waals surface area contributed by atoms with Gasteiger partial charge in [0.05, 0.1) is 6.26 Å². The Labute approximate surface area is 166 Å². The maximum atomic E-state index is 5.58. The molecule has 5 aromatic rings. The van der Waals surface area contributed by atoms with Gasteiger partial charge in [-0.15, -0.1) is 10.2 Å². The van der Waals surface area contributed by atoms with E-state index in [2.05, 4.69) is 69.4 Å². The van der Waals surface area contributed by atoms with Gasteiger partial charge >= 0.3 is 0 Å². The summed E-state index contributed by atoms with van der Waals surface area (Å²) < 4.78 is 7.63. The van der Waals surface area contributed by atoms with Crippen molar-refractivity contribution in [2.45, 2.75) is 10.9 Å². The number of nitrogens with zero attached hydrogens (tertiary/aromatic N) is 3. The van der Waals surface area contributed by atoms with Crippen LogP contribution in [0.1, 0.15) is 5.56 Å². The van der Waals surface area contributed by atoms with Gasteiger partial charge in [-0.25, -0.2) is 0 Å². The van der Waals surface area contributed by atoms with Crippen molar-refractivity contribution in [2.24, 2.45) is 0 Å². The van der Waals surface area contributed by atoms with E-state index in [0.29, 0.717) is 11.6 Å². The van der Waals surface area contributed by atoms with Crippen molar-refractivity contribution in [1.29, 1.82) is 0 Å². The zero-order valence-electron chi connectivity index (χ0n) is 15.0. The molecular weight excluding hydrogens is 366 g/mol. The van der Waals surface area contributed by atoms with Crippen LogP contribution in [-0.2, 0) is 5.75 Å². The highest BCUT2D eigenvalue weighted by molar-refractivity contribution is 7.98. The Balaban J connectivity index is 1.53. The van der Waals surface area contributed by atoms with Gasteiger partial charge in [-0.3, -0.25) is 4.57 Å². The van der Waals surface area contributed by atoms with Crippen LogP contribution in [0.4, 0.5) is 0 Å². The lowest BCUT2D eigenvalue weighted by molar-refractivity contribution is 0.575. The normalized spacial score (nSPS) is 11.1. The Morgan fingerprint density at radius 1 is 0.786 bits per heavy atom. The molecule has 2 aromatic heterocycles. The zero-order chi connectivity index (χ0) is 18.8. The first-order valence-electron chi connectivity index (χ1n) is 9.04. The van der Waals surface area contributed by atoms with Gasteiger partial charge in [0, 0.05) is 11.4 Å². The lowest BCUT2D eigenvalue weighted by atomic mass is 10.1. The van der Waals surface area contributed by atoms with Crippen LogP contribution in [0.2, 0.25) is 0 Å². The second kappa shape index (κ2) is 7.37. The molecule has 3 aromatic carbocycles. The molecule has 0 spiro atoms. The summed E-state index contributed by atoms with van der Waals surface area (Å²) in [5.41, 5.74) is 2.30. The summed E-state index contributed by atoms with van der Waals surface area (Å²) in [5, 5.41) is 12.2. The van der Waals surface area contributed by atoms with Gasteiger partial charge in [-0.05, 0) is 40.6 Å². The monoisotopic (exact) mass is 383 g/mol. The van der Waals surface area contributed by atoms with E-state index in [1.54, 1.807) is 18.0 Å². The van der Waals surface area contributed by atoms with Crippen molar-refractivity contribution in [2.75, 3.05) is 0 Å². The van der Waals surface area contributed by atoms with Crippen molar-refractivity contribution in [1.82, 2.24) is 14.8 Å². The Bertz CT molecular complexity index is 1210. The summed E-state index contributed by atoms with van der Waals surface area (Å²) >= 11 is 1.68. The van der Waals surface area contributed by atoms with Gasteiger partial charge in [0.2, 0.25) is 5.82 Å². The maximum absolute atomic E-state index is 5.58. The van der Waals surface area contributed by atoms with Crippen LogP contribution in [-0.4, -0.2) is 14.8 Å². The first kappa shape index (κ1) is 16.8. The number of benzene rings is 3. The summed E-state index contributed by atoms with van der Waals surface area (Å²) in [5.74, 6) is 2.22. The Hall–Kier alpha value is -3.31. The average Bonchev–Trinajstić information content (AvgIpc) is 3.42. The molecule has 0 saturated heterocycles. The zero-order valence-corrected chi connectivity index (χ0v) is 15.8. The van der Waals surface area contributed by atoms with E-state index in [-0.39, 0.29) is 0 Å². The van der Waals surface area contributed by atoms with Crippen LogP contribution in [0.5, 0.6) is 0 Å². The van der Waals surface area contributed by atoms with Crippen molar-refractivity contribution in [3.8, 4) is 17.3 Å². The minimum absolute atomic E-state index is 0.702. The fourth-order valence-electron chi connectivity index (χ4n) is 3.30. The number of aromatic nitrogens is 3. The van der Waals surface area contributed by atoms with Crippen LogP contribution in [0.3, 0.4) is 0 Å². The molecule has 0 amide bonds. The van der Waals surface area contributed by atoms with E-state index in [1.807, 2.05) is 30.3 Å². The molecule has 5 heteroatoms. The number of para-hydroxylation sites is 1. The highest BCUT2D eigenvalue weighted by Gasteiger charge is 2.18. The molecule has 0 aliphatic heterocycles. The molecule has 0 unspecified atom stereocenters. The van der Waals surface area contributed by atoms with E-state index in [4.69, 9.17) is 4.42 Å². The van der Waals surface area contributed by atoms with Crippen molar-refractivity contribution in [3.63, 3.8) is 0 Å². The Kier molecular flexibility index (Phi) is 4.43.